The van der Waals surface area contributed by atoms with Crippen LogP contribution in [0.15, 0.2) is 42.9 Å². The second kappa shape index (κ2) is 9.46. The molecule has 4 aromatic rings. The molecular formula is C22H27N7O2. The zero-order valence-corrected chi connectivity index (χ0v) is 17.6. The van der Waals surface area contributed by atoms with E-state index in [4.69, 9.17) is 5.11 Å². The number of rotatable bonds is 6. The Hall–Kier alpha value is -3.62. The van der Waals surface area contributed by atoms with Gasteiger partial charge in [-0.15, -0.1) is 0 Å². The molecule has 1 aliphatic rings. The van der Waals surface area contributed by atoms with Gasteiger partial charge in [0, 0.05) is 49.0 Å². The Morgan fingerprint density at radius 3 is 2.68 bits per heavy atom. The number of nitrogens with zero attached hydrogens (tertiary/aromatic N) is 5. The fourth-order valence-electron chi connectivity index (χ4n) is 3.26. The topological polar surface area (TPSA) is 110 Å². The van der Waals surface area contributed by atoms with Crippen LogP contribution in [0.4, 0.5) is 16.4 Å². The highest BCUT2D eigenvalue weighted by Crippen LogP contribution is 2.22. The summed E-state index contributed by atoms with van der Waals surface area (Å²) in [6, 6.07) is 7.92. The van der Waals surface area contributed by atoms with Gasteiger partial charge >= 0.3 is 6.09 Å². The lowest BCUT2D eigenvalue weighted by Gasteiger charge is -2.08. The Morgan fingerprint density at radius 1 is 1.13 bits per heavy atom. The lowest BCUT2D eigenvalue weighted by atomic mass is 10.0. The molecule has 0 aliphatic heterocycles. The second-order valence-electron chi connectivity index (χ2n) is 7.65. The van der Waals surface area contributed by atoms with E-state index < -0.39 is 6.09 Å². The van der Waals surface area contributed by atoms with Crippen molar-refractivity contribution in [3.63, 3.8) is 0 Å². The number of carboxylic acid groups (broad SMARTS) is 1. The first-order valence-electron chi connectivity index (χ1n) is 10.6. The molecule has 0 bridgehead atoms. The normalized spacial score (nSPS) is 12.8. The van der Waals surface area contributed by atoms with Gasteiger partial charge in [0.1, 0.15) is 5.65 Å². The van der Waals surface area contributed by atoms with E-state index in [1.54, 1.807) is 6.20 Å². The summed E-state index contributed by atoms with van der Waals surface area (Å²) in [7, 11) is 1.90. The number of carbonyl (C=O) groups is 1. The van der Waals surface area contributed by atoms with Gasteiger partial charge < -0.3 is 20.3 Å². The third-order valence-corrected chi connectivity index (χ3v) is 5.36. The van der Waals surface area contributed by atoms with Crippen molar-refractivity contribution in [1.29, 1.82) is 0 Å². The largest absolute Gasteiger partial charge is 0.465 e. The summed E-state index contributed by atoms with van der Waals surface area (Å²) < 4.78 is 3.82. The van der Waals surface area contributed by atoms with E-state index in [1.165, 1.54) is 25.7 Å². The second-order valence-corrected chi connectivity index (χ2v) is 7.65. The van der Waals surface area contributed by atoms with Gasteiger partial charge in [-0.25, -0.2) is 9.78 Å². The first kappa shape index (κ1) is 20.6. The SMILES string of the molecule is C1CCC1.Cn1ncc2ccc(Nc3ncc4ccn(CCCNC(=O)O)c4n3)cc21. The smallest absolute Gasteiger partial charge is 0.404 e. The van der Waals surface area contributed by atoms with E-state index in [0.717, 1.165) is 27.6 Å². The van der Waals surface area contributed by atoms with Crippen LogP contribution in [0.25, 0.3) is 21.9 Å². The van der Waals surface area contributed by atoms with E-state index in [2.05, 4.69) is 25.7 Å². The van der Waals surface area contributed by atoms with Crippen molar-refractivity contribution in [3.05, 3.63) is 42.9 Å². The van der Waals surface area contributed by atoms with Gasteiger partial charge in [0.15, 0.2) is 0 Å². The van der Waals surface area contributed by atoms with Crippen LogP contribution in [0.1, 0.15) is 32.1 Å². The molecule has 162 valence electrons. The van der Waals surface area contributed by atoms with Gasteiger partial charge in [-0.2, -0.15) is 10.1 Å². The molecule has 9 nitrogen and oxygen atoms in total. The molecule has 1 aliphatic carbocycles. The summed E-state index contributed by atoms with van der Waals surface area (Å²) in [6.45, 7) is 1.07. The number of fused-ring (bicyclic) bond motifs is 2. The number of benzene rings is 1. The molecule has 1 aromatic carbocycles. The number of hydrogen-bond acceptors (Lipinski definition) is 5. The van der Waals surface area contributed by atoms with Crippen LogP contribution in [0, 0.1) is 0 Å². The average molecular weight is 422 g/mol. The molecule has 9 heteroatoms. The van der Waals surface area contributed by atoms with Crippen LogP contribution in [0.2, 0.25) is 0 Å². The van der Waals surface area contributed by atoms with Crippen LogP contribution in [0.5, 0.6) is 0 Å². The molecule has 0 saturated heterocycles. The Bertz CT molecular complexity index is 1170. The third kappa shape index (κ3) is 5.11. The van der Waals surface area contributed by atoms with Crippen molar-refractivity contribution in [1.82, 2.24) is 29.6 Å². The zero-order valence-electron chi connectivity index (χ0n) is 17.6. The molecule has 0 unspecified atom stereocenters. The Kier molecular flexibility index (Phi) is 6.30. The molecule has 31 heavy (non-hydrogen) atoms. The van der Waals surface area contributed by atoms with Crippen molar-refractivity contribution in [3.8, 4) is 0 Å². The predicted molar refractivity (Wildman–Crippen MR) is 121 cm³/mol. The van der Waals surface area contributed by atoms with E-state index in [1.807, 2.05) is 53.0 Å². The Balaban J connectivity index is 0.000000520. The number of nitrogens with one attached hydrogen (secondary N) is 2. The molecule has 0 radical (unpaired) electrons. The molecule has 1 fully saturated rings. The van der Waals surface area contributed by atoms with Crippen LogP contribution < -0.4 is 10.6 Å². The third-order valence-electron chi connectivity index (χ3n) is 5.36. The van der Waals surface area contributed by atoms with E-state index >= 15 is 0 Å². The Labute approximate surface area is 180 Å². The quantitative estimate of drug-likeness (QED) is 0.401. The highest BCUT2D eigenvalue weighted by atomic mass is 16.4. The predicted octanol–water partition coefficient (Wildman–Crippen LogP) is 4.28. The summed E-state index contributed by atoms with van der Waals surface area (Å²) in [5.41, 5.74) is 2.72. The monoisotopic (exact) mass is 421 g/mol. The molecule has 1 saturated carbocycles. The van der Waals surface area contributed by atoms with Crippen LogP contribution in [-0.2, 0) is 13.6 Å². The van der Waals surface area contributed by atoms with Gasteiger partial charge in [0.25, 0.3) is 0 Å². The maximum absolute atomic E-state index is 10.5. The number of anilines is 2. The molecule has 3 heterocycles. The van der Waals surface area contributed by atoms with Crippen molar-refractivity contribution in [2.75, 3.05) is 11.9 Å². The molecule has 0 atom stereocenters. The lowest BCUT2D eigenvalue weighted by molar-refractivity contribution is 0.194. The molecule has 0 spiro atoms. The van der Waals surface area contributed by atoms with Gasteiger partial charge in [0.05, 0.1) is 11.7 Å². The number of aryl methyl sites for hydroxylation is 2. The standard InChI is InChI=1S/C18H19N7O2.C4H8/c1-24-15-9-14(4-3-12(15)11-21-24)22-17-20-10-13-5-8-25(16(13)23-17)7-2-6-19-18(26)27;1-2-4-3-1/h3-5,8-11,19H,2,6-7H2,1H3,(H,26,27)(H,20,22,23);1-4H2. The summed E-state index contributed by atoms with van der Waals surface area (Å²) in [6.07, 6.45) is 11.2. The van der Waals surface area contributed by atoms with E-state index in [9.17, 15) is 4.79 Å². The maximum atomic E-state index is 10.5. The molecular weight excluding hydrogens is 394 g/mol. The summed E-state index contributed by atoms with van der Waals surface area (Å²) in [4.78, 5) is 19.5. The van der Waals surface area contributed by atoms with Crippen LogP contribution in [0.3, 0.4) is 0 Å². The molecule has 5 rings (SSSR count). The fraction of sp³-hybridized carbons (Fsp3) is 0.364. The first-order valence-corrected chi connectivity index (χ1v) is 10.6. The average Bonchev–Trinajstić information content (AvgIpc) is 3.27. The van der Waals surface area contributed by atoms with E-state index in [0.29, 0.717) is 25.5 Å². The minimum atomic E-state index is -1.01. The van der Waals surface area contributed by atoms with Gasteiger partial charge in [0.2, 0.25) is 5.95 Å². The lowest BCUT2D eigenvalue weighted by Crippen LogP contribution is -2.22. The Morgan fingerprint density at radius 2 is 1.94 bits per heavy atom. The minimum absolute atomic E-state index is 0.399. The van der Waals surface area contributed by atoms with Crippen molar-refractivity contribution in [2.45, 2.75) is 38.6 Å². The van der Waals surface area contributed by atoms with Gasteiger partial charge in [-0.1, -0.05) is 25.7 Å². The molecule has 1 amide bonds. The van der Waals surface area contributed by atoms with Crippen LogP contribution >= 0.6 is 0 Å². The number of aromatic nitrogens is 5. The zero-order chi connectivity index (χ0) is 21.6. The van der Waals surface area contributed by atoms with Gasteiger partial charge in [-0.3, -0.25) is 4.68 Å². The molecule has 3 aromatic heterocycles. The highest BCUT2D eigenvalue weighted by molar-refractivity contribution is 5.83. The van der Waals surface area contributed by atoms with Crippen molar-refractivity contribution in [2.24, 2.45) is 7.05 Å². The maximum Gasteiger partial charge on any atom is 0.404 e. The fourth-order valence-corrected chi connectivity index (χ4v) is 3.26. The van der Waals surface area contributed by atoms with Crippen molar-refractivity contribution < 1.29 is 9.90 Å². The van der Waals surface area contributed by atoms with E-state index in [-0.39, 0.29) is 0 Å². The first-order chi connectivity index (χ1) is 15.1. The molecule has 3 N–H and O–H groups in total. The summed E-state index contributed by atoms with van der Waals surface area (Å²) >= 11 is 0. The minimum Gasteiger partial charge on any atom is -0.465 e. The number of amides is 1. The van der Waals surface area contributed by atoms with Crippen LogP contribution in [-0.4, -0.2) is 42.1 Å². The van der Waals surface area contributed by atoms with Crippen molar-refractivity contribution >= 4 is 39.7 Å². The summed E-state index contributed by atoms with van der Waals surface area (Å²) in [5, 5.41) is 20.5. The highest BCUT2D eigenvalue weighted by Gasteiger charge is 2.07. The summed E-state index contributed by atoms with van der Waals surface area (Å²) in [5.74, 6) is 0.507. The van der Waals surface area contributed by atoms with Gasteiger partial charge in [-0.05, 0) is 30.7 Å². The number of hydrogen-bond donors (Lipinski definition) is 3.